The Morgan fingerprint density at radius 3 is 2.96 bits per heavy atom. The Balaban J connectivity index is 1.56. The van der Waals surface area contributed by atoms with E-state index < -0.39 is 0 Å². The van der Waals surface area contributed by atoms with E-state index in [1.165, 1.54) is 0 Å². The Bertz CT molecular complexity index is 964. The van der Waals surface area contributed by atoms with Crippen molar-refractivity contribution >= 4 is 34.2 Å². The van der Waals surface area contributed by atoms with Crippen LogP contribution in [0.15, 0.2) is 24.4 Å². The van der Waals surface area contributed by atoms with Crippen LogP contribution in [0.4, 0.5) is 5.82 Å². The van der Waals surface area contributed by atoms with Gasteiger partial charge in [-0.3, -0.25) is 9.59 Å². The third kappa shape index (κ3) is 3.70. The Morgan fingerprint density at radius 2 is 2.26 bits per heavy atom. The zero-order valence-corrected chi connectivity index (χ0v) is 15.0. The summed E-state index contributed by atoms with van der Waals surface area (Å²) in [6.07, 6.45) is 7.06. The van der Waals surface area contributed by atoms with Crippen LogP contribution in [0.2, 0.25) is 0 Å². The molecule has 0 radical (unpaired) electrons. The standard InChI is InChI=1S/C20H21N5O2/c21-8-1-2-18(26)25-10-6-13(7-11-25)16-12-17(24-20(27)14-3-4-14)23-19-15(16)5-9-22-19/h5-6,9,12,14H,1-4,7,10-11H2,(H2,22,23,24,27). The zero-order chi connectivity index (χ0) is 18.8. The molecule has 0 saturated heterocycles. The van der Waals surface area contributed by atoms with Crippen molar-refractivity contribution in [1.29, 1.82) is 5.26 Å². The number of anilines is 1. The van der Waals surface area contributed by atoms with Crippen LogP contribution < -0.4 is 5.32 Å². The van der Waals surface area contributed by atoms with Crippen molar-refractivity contribution in [2.24, 2.45) is 5.92 Å². The minimum atomic E-state index is 0.0192. The number of amides is 2. The summed E-state index contributed by atoms with van der Waals surface area (Å²) >= 11 is 0. The highest BCUT2D eigenvalue weighted by Crippen LogP contribution is 2.33. The molecule has 2 aromatic heterocycles. The second-order valence-corrected chi connectivity index (χ2v) is 7.04. The lowest BCUT2D eigenvalue weighted by Crippen LogP contribution is -2.34. The second-order valence-electron chi connectivity index (χ2n) is 7.04. The number of aromatic amines is 1. The number of nitriles is 1. The average Bonchev–Trinajstić information content (AvgIpc) is 3.44. The van der Waals surface area contributed by atoms with Crippen LogP contribution in [-0.4, -0.2) is 39.8 Å². The molecule has 0 spiro atoms. The molecule has 0 unspecified atom stereocenters. The lowest BCUT2D eigenvalue weighted by atomic mass is 9.97. The minimum Gasteiger partial charge on any atom is -0.346 e. The predicted octanol–water partition coefficient (Wildman–Crippen LogP) is 2.83. The maximum atomic E-state index is 12.1. The molecule has 1 fully saturated rings. The summed E-state index contributed by atoms with van der Waals surface area (Å²) < 4.78 is 0. The van der Waals surface area contributed by atoms with Crippen molar-refractivity contribution in [1.82, 2.24) is 14.9 Å². The molecule has 3 heterocycles. The summed E-state index contributed by atoms with van der Waals surface area (Å²) in [5, 5.41) is 12.6. The Morgan fingerprint density at radius 1 is 1.41 bits per heavy atom. The molecule has 4 rings (SSSR count). The van der Waals surface area contributed by atoms with Gasteiger partial charge >= 0.3 is 0 Å². The smallest absolute Gasteiger partial charge is 0.228 e. The van der Waals surface area contributed by atoms with Gasteiger partial charge in [0.2, 0.25) is 11.8 Å². The molecule has 138 valence electrons. The normalized spacial score (nSPS) is 16.7. The number of carbonyl (C=O) groups excluding carboxylic acids is 2. The van der Waals surface area contributed by atoms with Crippen molar-refractivity contribution < 1.29 is 9.59 Å². The molecule has 1 saturated carbocycles. The highest BCUT2D eigenvalue weighted by Gasteiger charge is 2.30. The SMILES string of the molecule is N#CCCC(=O)N1CC=C(c2cc(NC(=O)C3CC3)nc3[nH]ccc23)CC1. The van der Waals surface area contributed by atoms with Gasteiger partial charge in [0.15, 0.2) is 0 Å². The minimum absolute atomic E-state index is 0.0192. The van der Waals surface area contributed by atoms with Gasteiger partial charge in [0, 0.05) is 43.4 Å². The van der Waals surface area contributed by atoms with E-state index in [1.54, 1.807) is 4.90 Å². The molecule has 2 N–H and O–H groups in total. The first kappa shape index (κ1) is 17.3. The number of pyridine rings is 1. The summed E-state index contributed by atoms with van der Waals surface area (Å²) in [7, 11) is 0. The van der Waals surface area contributed by atoms with Gasteiger partial charge in [-0.2, -0.15) is 5.26 Å². The number of H-pyrrole nitrogens is 1. The van der Waals surface area contributed by atoms with Crippen molar-refractivity contribution in [2.75, 3.05) is 18.4 Å². The molecule has 7 heteroatoms. The molecular formula is C20H21N5O2. The maximum absolute atomic E-state index is 12.1. The second kappa shape index (κ2) is 7.23. The molecule has 2 amide bonds. The highest BCUT2D eigenvalue weighted by atomic mass is 16.2. The number of fused-ring (bicyclic) bond motifs is 1. The predicted molar refractivity (Wildman–Crippen MR) is 101 cm³/mol. The highest BCUT2D eigenvalue weighted by molar-refractivity contribution is 5.97. The lowest BCUT2D eigenvalue weighted by Gasteiger charge is -2.27. The van der Waals surface area contributed by atoms with Gasteiger partial charge < -0.3 is 15.2 Å². The largest absolute Gasteiger partial charge is 0.346 e. The summed E-state index contributed by atoms with van der Waals surface area (Å²) in [6, 6.07) is 5.92. The van der Waals surface area contributed by atoms with Gasteiger partial charge in [0.1, 0.15) is 11.5 Å². The van der Waals surface area contributed by atoms with Crippen LogP contribution in [0.3, 0.4) is 0 Å². The van der Waals surface area contributed by atoms with Gasteiger partial charge in [-0.05, 0) is 42.5 Å². The first-order valence-corrected chi connectivity index (χ1v) is 9.29. The van der Waals surface area contributed by atoms with Crippen LogP contribution in [0.5, 0.6) is 0 Å². The topological polar surface area (TPSA) is 102 Å². The Labute approximate surface area is 157 Å². The third-order valence-corrected chi connectivity index (χ3v) is 5.09. The number of nitrogens with zero attached hydrogens (tertiary/aromatic N) is 3. The van der Waals surface area contributed by atoms with Crippen molar-refractivity contribution in [3.05, 3.63) is 30.0 Å². The Hall–Kier alpha value is -3.14. The molecule has 27 heavy (non-hydrogen) atoms. The van der Waals surface area contributed by atoms with E-state index in [-0.39, 0.29) is 30.6 Å². The number of hydrogen-bond acceptors (Lipinski definition) is 4. The fourth-order valence-electron chi connectivity index (χ4n) is 3.40. The van der Waals surface area contributed by atoms with E-state index in [0.717, 1.165) is 41.4 Å². The van der Waals surface area contributed by atoms with E-state index in [9.17, 15) is 9.59 Å². The van der Waals surface area contributed by atoms with E-state index in [0.29, 0.717) is 18.9 Å². The molecule has 2 aliphatic rings. The Kier molecular flexibility index (Phi) is 4.63. The van der Waals surface area contributed by atoms with Crippen molar-refractivity contribution in [3.8, 4) is 6.07 Å². The average molecular weight is 363 g/mol. The van der Waals surface area contributed by atoms with Gasteiger partial charge in [-0.15, -0.1) is 0 Å². The molecule has 0 atom stereocenters. The van der Waals surface area contributed by atoms with Crippen LogP contribution in [0, 0.1) is 17.2 Å². The number of nitrogens with one attached hydrogen (secondary N) is 2. The fraction of sp³-hybridized carbons (Fsp3) is 0.400. The van der Waals surface area contributed by atoms with E-state index in [2.05, 4.69) is 21.4 Å². The number of hydrogen-bond donors (Lipinski definition) is 2. The van der Waals surface area contributed by atoms with Crippen LogP contribution in [0.1, 0.15) is 37.7 Å². The lowest BCUT2D eigenvalue weighted by molar-refractivity contribution is -0.130. The third-order valence-electron chi connectivity index (χ3n) is 5.09. The number of rotatable bonds is 5. The molecule has 1 aliphatic heterocycles. The number of aromatic nitrogens is 2. The van der Waals surface area contributed by atoms with E-state index in [4.69, 9.17) is 5.26 Å². The van der Waals surface area contributed by atoms with Crippen LogP contribution in [-0.2, 0) is 9.59 Å². The van der Waals surface area contributed by atoms with E-state index >= 15 is 0 Å². The molecular weight excluding hydrogens is 342 g/mol. The van der Waals surface area contributed by atoms with Crippen LogP contribution >= 0.6 is 0 Å². The molecule has 7 nitrogen and oxygen atoms in total. The summed E-state index contributed by atoms with van der Waals surface area (Å²) in [6.45, 7) is 1.17. The molecule has 2 aromatic rings. The van der Waals surface area contributed by atoms with E-state index in [1.807, 2.05) is 24.4 Å². The summed E-state index contributed by atoms with van der Waals surface area (Å²) in [4.78, 5) is 33.6. The van der Waals surface area contributed by atoms with Gasteiger partial charge in [-0.1, -0.05) is 6.08 Å². The summed E-state index contributed by atoms with van der Waals surface area (Å²) in [5.41, 5.74) is 2.93. The first-order valence-electron chi connectivity index (χ1n) is 9.29. The van der Waals surface area contributed by atoms with Gasteiger partial charge in [-0.25, -0.2) is 4.98 Å². The number of carbonyl (C=O) groups is 2. The monoisotopic (exact) mass is 363 g/mol. The first-order chi connectivity index (χ1) is 13.2. The van der Waals surface area contributed by atoms with Gasteiger partial charge in [0.25, 0.3) is 0 Å². The molecule has 0 bridgehead atoms. The summed E-state index contributed by atoms with van der Waals surface area (Å²) in [5.74, 6) is 0.735. The molecule has 1 aliphatic carbocycles. The van der Waals surface area contributed by atoms with Gasteiger partial charge in [0.05, 0.1) is 6.07 Å². The quantitative estimate of drug-likeness (QED) is 0.853. The fourth-order valence-corrected chi connectivity index (χ4v) is 3.40. The zero-order valence-electron chi connectivity index (χ0n) is 15.0. The van der Waals surface area contributed by atoms with Crippen molar-refractivity contribution in [2.45, 2.75) is 32.1 Å². The van der Waals surface area contributed by atoms with Crippen molar-refractivity contribution in [3.63, 3.8) is 0 Å². The maximum Gasteiger partial charge on any atom is 0.228 e. The van der Waals surface area contributed by atoms with Crippen LogP contribution in [0.25, 0.3) is 16.6 Å². The molecule has 0 aromatic carbocycles.